The lowest BCUT2D eigenvalue weighted by Crippen LogP contribution is -2.30. The number of carbonyl (C=O) groups is 1. The second-order valence-corrected chi connectivity index (χ2v) is 3.70. The molecule has 1 heterocycles. The van der Waals surface area contributed by atoms with Crippen LogP contribution in [0.1, 0.15) is 18.5 Å². The van der Waals surface area contributed by atoms with Gasteiger partial charge < -0.3 is 5.32 Å². The number of amides is 1. The Labute approximate surface area is 98.1 Å². The summed E-state index contributed by atoms with van der Waals surface area (Å²) >= 11 is 0. The standard InChI is InChI=1S/C12H12FN3O/c1-9(10-3-2-4-11(13)7-10)15-12(17)16-6-5-14-8-16/h2-9H,1H3,(H,15,17)/t9-/m0/s1. The molecule has 2 aromatic rings. The first kappa shape index (κ1) is 11.3. The summed E-state index contributed by atoms with van der Waals surface area (Å²) in [6.45, 7) is 1.80. The topological polar surface area (TPSA) is 46.9 Å². The number of nitrogens with one attached hydrogen (secondary N) is 1. The van der Waals surface area contributed by atoms with E-state index < -0.39 is 0 Å². The van der Waals surface area contributed by atoms with Crippen LogP contribution in [0.4, 0.5) is 9.18 Å². The van der Waals surface area contributed by atoms with Crippen LogP contribution in [-0.4, -0.2) is 15.6 Å². The highest BCUT2D eigenvalue weighted by Crippen LogP contribution is 2.13. The van der Waals surface area contributed by atoms with Gasteiger partial charge in [-0.25, -0.2) is 14.2 Å². The van der Waals surface area contributed by atoms with Crippen molar-refractivity contribution in [3.05, 3.63) is 54.4 Å². The molecule has 88 valence electrons. The predicted molar refractivity (Wildman–Crippen MR) is 61.0 cm³/mol. The van der Waals surface area contributed by atoms with Crippen molar-refractivity contribution < 1.29 is 9.18 Å². The number of halogens is 1. The average molecular weight is 233 g/mol. The number of carbonyl (C=O) groups excluding carboxylic acids is 1. The summed E-state index contributed by atoms with van der Waals surface area (Å²) in [5.74, 6) is -0.314. The molecule has 1 aromatic heterocycles. The van der Waals surface area contributed by atoms with Crippen molar-refractivity contribution in [3.63, 3.8) is 0 Å². The summed E-state index contributed by atoms with van der Waals surface area (Å²) in [6, 6.07) is 5.60. The highest BCUT2D eigenvalue weighted by Gasteiger charge is 2.10. The van der Waals surface area contributed by atoms with E-state index in [0.29, 0.717) is 0 Å². The fraction of sp³-hybridized carbons (Fsp3) is 0.167. The van der Waals surface area contributed by atoms with Gasteiger partial charge >= 0.3 is 6.03 Å². The van der Waals surface area contributed by atoms with E-state index in [9.17, 15) is 9.18 Å². The Bertz CT molecular complexity index is 510. The van der Waals surface area contributed by atoms with Crippen LogP contribution in [-0.2, 0) is 0 Å². The molecule has 0 aliphatic carbocycles. The normalized spacial score (nSPS) is 12.1. The fourth-order valence-corrected chi connectivity index (χ4v) is 1.50. The molecule has 0 unspecified atom stereocenters. The van der Waals surface area contributed by atoms with E-state index in [1.165, 1.54) is 29.2 Å². The lowest BCUT2D eigenvalue weighted by atomic mass is 10.1. The van der Waals surface area contributed by atoms with Gasteiger partial charge in [-0.3, -0.25) is 4.57 Å². The Morgan fingerprint density at radius 1 is 1.53 bits per heavy atom. The molecular formula is C12H12FN3O. The van der Waals surface area contributed by atoms with Crippen molar-refractivity contribution in [2.75, 3.05) is 0 Å². The van der Waals surface area contributed by atoms with Crippen LogP contribution in [0.2, 0.25) is 0 Å². The third-order valence-electron chi connectivity index (χ3n) is 2.43. The highest BCUT2D eigenvalue weighted by molar-refractivity contribution is 5.76. The molecule has 2 rings (SSSR count). The van der Waals surface area contributed by atoms with Crippen molar-refractivity contribution >= 4 is 6.03 Å². The van der Waals surface area contributed by atoms with Crippen molar-refractivity contribution in [2.45, 2.75) is 13.0 Å². The van der Waals surface area contributed by atoms with Gasteiger partial charge in [-0.15, -0.1) is 0 Å². The minimum absolute atomic E-state index is 0.263. The van der Waals surface area contributed by atoms with Crippen LogP contribution < -0.4 is 5.32 Å². The van der Waals surface area contributed by atoms with Crippen LogP contribution in [0.15, 0.2) is 43.0 Å². The van der Waals surface area contributed by atoms with Crippen molar-refractivity contribution in [2.24, 2.45) is 0 Å². The smallest absolute Gasteiger partial charge is 0.327 e. The lowest BCUT2D eigenvalue weighted by Gasteiger charge is -2.14. The van der Waals surface area contributed by atoms with Crippen LogP contribution in [0.3, 0.4) is 0 Å². The Hall–Kier alpha value is -2.17. The van der Waals surface area contributed by atoms with Gasteiger partial charge in [0.15, 0.2) is 0 Å². The van der Waals surface area contributed by atoms with E-state index in [4.69, 9.17) is 0 Å². The first-order valence-electron chi connectivity index (χ1n) is 5.21. The van der Waals surface area contributed by atoms with E-state index in [1.807, 2.05) is 0 Å². The zero-order chi connectivity index (χ0) is 12.3. The first-order chi connectivity index (χ1) is 8.16. The molecule has 0 aliphatic heterocycles. The molecule has 0 saturated heterocycles. The summed E-state index contributed by atoms with van der Waals surface area (Å²) < 4.78 is 14.3. The SMILES string of the molecule is C[C@H](NC(=O)n1ccnc1)c1cccc(F)c1. The number of nitrogens with zero attached hydrogens (tertiary/aromatic N) is 2. The molecule has 0 saturated carbocycles. The molecule has 1 N–H and O–H groups in total. The van der Waals surface area contributed by atoms with Crippen molar-refractivity contribution in [1.82, 2.24) is 14.9 Å². The maximum atomic E-state index is 13.0. The van der Waals surface area contributed by atoms with E-state index in [-0.39, 0.29) is 17.9 Å². The Morgan fingerprint density at radius 2 is 2.35 bits per heavy atom. The monoisotopic (exact) mass is 233 g/mol. The fourth-order valence-electron chi connectivity index (χ4n) is 1.50. The third-order valence-corrected chi connectivity index (χ3v) is 2.43. The van der Waals surface area contributed by atoms with E-state index in [0.717, 1.165) is 5.56 Å². The molecule has 5 heteroatoms. The molecule has 1 atom stereocenters. The molecular weight excluding hydrogens is 221 g/mol. The molecule has 0 spiro atoms. The van der Waals surface area contributed by atoms with Crippen LogP contribution in [0.25, 0.3) is 0 Å². The minimum Gasteiger partial charge on any atom is -0.331 e. The molecule has 0 bridgehead atoms. The van der Waals surface area contributed by atoms with Gasteiger partial charge in [0, 0.05) is 12.4 Å². The second kappa shape index (κ2) is 4.78. The Morgan fingerprint density at radius 3 is 3.00 bits per heavy atom. The number of imidazole rings is 1. The summed E-state index contributed by atoms with van der Waals surface area (Å²) in [7, 11) is 0. The maximum absolute atomic E-state index is 13.0. The minimum atomic E-state index is -0.314. The van der Waals surface area contributed by atoms with E-state index >= 15 is 0 Å². The third kappa shape index (κ3) is 2.69. The maximum Gasteiger partial charge on any atom is 0.327 e. The van der Waals surface area contributed by atoms with Gasteiger partial charge in [0.25, 0.3) is 0 Å². The molecule has 4 nitrogen and oxygen atoms in total. The number of hydrogen-bond acceptors (Lipinski definition) is 2. The zero-order valence-corrected chi connectivity index (χ0v) is 9.30. The molecule has 1 amide bonds. The Kier molecular flexibility index (Phi) is 3.18. The molecule has 0 aliphatic rings. The van der Waals surface area contributed by atoms with Gasteiger partial charge in [-0.1, -0.05) is 12.1 Å². The van der Waals surface area contributed by atoms with Gasteiger partial charge in [0.05, 0.1) is 6.04 Å². The largest absolute Gasteiger partial charge is 0.331 e. The van der Waals surface area contributed by atoms with Gasteiger partial charge in [-0.05, 0) is 24.6 Å². The van der Waals surface area contributed by atoms with Crippen LogP contribution in [0, 0.1) is 5.82 Å². The number of hydrogen-bond donors (Lipinski definition) is 1. The van der Waals surface area contributed by atoms with E-state index in [1.54, 1.807) is 25.3 Å². The molecule has 1 aromatic carbocycles. The van der Waals surface area contributed by atoms with Crippen molar-refractivity contribution in [3.8, 4) is 0 Å². The van der Waals surface area contributed by atoms with Crippen LogP contribution >= 0.6 is 0 Å². The lowest BCUT2D eigenvalue weighted by molar-refractivity contribution is 0.239. The first-order valence-corrected chi connectivity index (χ1v) is 5.21. The summed E-state index contributed by atoms with van der Waals surface area (Å²) in [5, 5.41) is 2.74. The van der Waals surface area contributed by atoms with Gasteiger partial charge in [0.2, 0.25) is 0 Å². The number of rotatable bonds is 2. The molecule has 17 heavy (non-hydrogen) atoms. The average Bonchev–Trinajstić information content (AvgIpc) is 2.82. The molecule has 0 fully saturated rings. The van der Waals surface area contributed by atoms with Crippen LogP contribution in [0.5, 0.6) is 0 Å². The Balaban J connectivity index is 2.07. The van der Waals surface area contributed by atoms with Crippen molar-refractivity contribution in [1.29, 1.82) is 0 Å². The summed E-state index contributed by atoms with van der Waals surface area (Å²) in [5.41, 5.74) is 0.721. The van der Waals surface area contributed by atoms with Gasteiger partial charge in [0.1, 0.15) is 12.1 Å². The molecule has 0 radical (unpaired) electrons. The van der Waals surface area contributed by atoms with Gasteiger partial charge in [-0.2, -0.15) is 0 Å². The zero-order valence-electron chi connectivity index (χ0n) is 9.30. The number of benzene rings is 1. The second-order valence-electron chi connectivity index (χ2n) is 3.70. The number of aromatic nitrogens is 2. The predicted octanol–water partition coefficient (Wildman–Crippen LogP) is 2.34. The quantitative estimate of drug-likeness (QED) is 0.865. The van der Waals surface area contributed by atoms with E-state index in [2.05, 4.69) is 10.3 Å². The highest BCUT2D eigenvalue weighted by atomic mass is 19.1. The summed E-state index contributed by atoms with van der Waals surface area (Å²) in [4.78, 5) is 15.5. The summed E-state index contributed by atoms with van der Waals surface area (Å²) in [6.07, 6.45) is 4.48.